The Kier molecular flexibility index (Phi) is 9.12. The fraction of sp³-hybridized carbons (Fsp3) is 0.0526. The van der Waals surface area contributed by atoms with E-state index in [1.165, 1.54) is 32.9 Å². The Morgan fingerprint density at radius 1 is 0.377 bits per heavy atom. The van der Waals surface area contributed by atoms with Gasteiger partial charge in [0.2, 0.25) is 16.3 Å². The van der Waals surface area contributed by atoms with E-state index in [2.05, 4.69) is 0 Å². The average molecular weight is 909 g/mol. The Balaban J connectivity index is 1.13. The van der Waals surface area contributed by atoms with E-state index < -0.39 is 23.3 Å². The summed E-state index contributed by atoms with van der Waals surface area (Å²) < 4.78 is 35.7. The number of rotatable bonds is 5. The van der Waals surface area contributed by atoms with E-state index in [1.807, 2.05) is 78.9 Å². The standard InChI is InChI=1S/C57H32O12/c1-27(58)64-35-17-20-44-43(25-35)54(62)51-40-22-34(41-23-31-7-4-5-8-37(31)50-55(63)52-45(66-29(3)60)9-6-10-46(52)69-56(41)50)14-13-32(40)24-42(57(51)68-44)33-12-11-30-15-19-47-49(39(30)21-33)53(61)38-18-16-36(65-28(2)59)26-48(38)67-47/h4-26H,1-3H3. The summed E-state index contributed by atoms with van der Waals surface area (Å²) in [5.41, 5.74) is 2.92. The van der Waals surface area contributed by atoms with E-state index in [4.69, 9.17) is 27.5 Å². The molecule has 0 saturated carbocycles. The summed E-state index contributed by atoms with van der Waals surface area (Å²) in [6, 6.07) is 40.2. The lowest BCUT2D eigenvalue weighted by atomic mass is 9.91. The number of fused-ring (bicyclic) bond motifs is 12. The molecule has 0 spiro atoms. The van der Waals surface area contributed by atoms with Crippen LogP contribution in [-0.2, 0) is 14.4 Å². The van der Waals surface area contributed by atoms with Crippen molar-refractivity contribution in [1.82, 2.24) is 0 Å². The van der Waals surface area contributed by atoms with Crippen LogP contribution in [0.5, 0.6) is 17.2 Å². The van der Waals surface area contributed by atoms with Gasteiger partial charge < -0.3 is 27.5 Å². The average Bonchev–Trinajstić information content (AvgIpc) is 3.32. The number of hydrogen-bond acceptors (Lipinski definition) is 12. The van der Waals surface area contributed by atoms with Crippen LogP contribution in [0.2, 0.25) is 0 Å². The monoisotopic (exact) mass is 908 g/mol. The molecule has 12 heteroatoms. The third kappa shape index (κ3) is 6.60. The van der Waals surface area contributed by atoms with Crippen molar-refractivity contribution in [1.29, 1.82) is 0 Å². The first-order chi connectivity index (χ1) is 33.4. The second kappa shape index (κ2) is 15.3. The zero-order valence-corrected chi connectivity index (χ0v) is 36.7. The van der Waals surface area contributed by atoms with Crippen LogP contribution in [0.1, 0.15) is 20.8 Å². The first-order valence-corrected chi connectivity index (χ1v) is 21.8. The topological polar surface area (TPSA) is 170 Å². The predicted molar refractivity (Wildman–Crippen MR) is 264 cm³/mol. The molecule has 12 rings (SSSR count). The van der Waals surface area contributed by atoms with Crippen molar-refractivity contribution >= 4 is 116 Å². The van der Waals surface area contributed by atoms with E-state index in [9.17, 15) is 24.0 Å². The molecule has 0 N–H and O–H groups in total. The van der Waals surface area contributed by atoms with Crippen molar-refractivity contribution < 1.29 is 41.8 Å². The van der Waals surface area contributed by atoms with Crippen molar-refractivity contribution in [3.05, 3.63) is 170 Å². The largest absolute Gasteiger partial charge is 0.456 e. The highest BCUT2D eigenvalue weighted by molar-refractivity contribution is 6.18. The Labute approximate surface area is 387 Å². The van der Waals surface area contributed by atoms with Crippen LogP contribution in [0, 0.1) is 0 Å². The zero-order valence-electron chi connectivity index (χ0n) is 36.7. The number of esters is 3. The van der Waals surface area contributed by atoms with E-state index in [0.717, 1.165) is 10.8 Å². The van der Waals surface area contributed by atoms with Gasteiger partial charge in [0.25, 0.3) is 0 Å². The van der Waals surface area contributed by atoms with Crippen LogP contribution in [0.3, 0.4) is 0 Å². The second-order valence-corrected chi connectivity index (χ2v) is 16.8. The minimum atomic E-state index is -0.583. The van der Waals surface area contributed by atoms with E-state index in [-0.39, 0.29) is 72.0 Å². The Hall–Kier alpha value is -9.42. The molecule has 0 amide bonds. The summed E-state index contributed by atoms with van der Waals surface area (Å²) in [7, 11) is 0. The van der Waals surface area contributed by atoms with Crippen LogP contribution in [-0.4, -0.2) is 17.9 Å². The molecule has 0 aliphatic rings. The molecule has 332 valence electrons. The molecule has 0 fully saturated rings. The van der Waals surface area contributed by atoms with E-state index in [1.54, 1.807) is 48.5 Å². The minimum absolute atomic E-state index is 0.0848. The van der Waals surface area contributed by atoms with Gasteiger partial charge in [0, 0.05) is 38.0 Å². The number of carbonyl (C=O) groups excluding carboxylic acids is 3. The lowest BCUT2D eigenvalue weighted by molar-refractivity contribution is -0.132. The number of hydrogen-bond donors (Lipinski definition) is 0. The Morgan fingerprint density at radius 2 is 0.942 bits per heavy atom. The number of carbonyl (C=O) groups is 3. The van der Waals surface area contributed by atoms with Gasteiger partial charge in [-0.2, -0.15) is 0 Å². The highest BCUT2D eigenvalue weighted by Crippen LogP contribution is 2.42. The molecule has 3 heterocycles. The maximum absolute atomic E-state index is 15.1. The van der Waals surface area contributed by atoms with Gasteiger partial charge in [-0.15, -0.1) is 0 Å². The van der Waals surface area contributed by atoms with Crippen molar-refractivity contribution in [2.45, 2.75) is 20.8 Å². The number of benzene rings is 9. The van der Waals surface area contributed by atoms with Gasteiger partial charge in [-0.3, -0.25) is 28.8 Å². The highest BCUT2D eigenvalue weighted by Gasteiger charge is 2.23. The molecule has 3 aromatic heterocycles. The fourth-order valence-corrected chi connectivity index (χ4v) is 9.55. The predicted octanol–water partition coefficient (Wildman–Crippen LogP) is 12.0. The van der Waals surface area contributed by atoms with Crippen molar-refractivity contribution in [2.24, 2.45) is 0 Å². The third-order valence-electron chi connectivity index (χ3n) is 12.4. The normalized spacial score (nSPS) is 11.8. The summed E-state index contributed by atoms with van der Waals surface area (Å²) in [6.45, 7) is 3.83. The highest BCUT2D eigenvalue weighted by atomic mass is 16.5. The summed E-state index contributed by atoms with van der Waals surface area (Å²) in [6.07, 6.45) is 0. The quantitative estimate of drug-likeness (QED) is 0.0694. The molecule has 0 radical (unpaired) electrons. The Bertz CT molecular complexity index is 4520. The molecule has 69 heavy (non-hydrogen) atoms. The number of ether oxygens (including phenoxy) is 3. The van der Waals surface area contributed by atoms with Gasteiger partial charge in [0.1, 0.15) is 56.1 Å². The molecule has 0 aliphatic heterocycles. The van der Waals surface area contributed by atoms with E-state index >= 15 is 4.79 Å². The lowest BCUT2D eigenvalue weighted by Gasteiger charge is -2.15. The zero-order chi connectivity index (χ0) is 47.4. The van der Waals surface area contributed by atoms with Crippen molar-refractivity contribution in [3.8, 4) is 39.5 Å². The van der Waals surface area contributed by atoms with E-state index in [0.29, 0.717) is 65.7 Å². The molecule has 9 aromatic carbocycles. The van der Waals surface area contributed by atoms with Crippen LogP contribution in [0.25, 0.3) is 120 Å². The van der Waals surface area contributed by atoms with Gasteiger partial charge >= 0.3 is 17.9 Å². The third-order valence-corrected chi connectivity index (χ3v) is 12.4. The minimum Gasteiger partial charge on any atom is -0.456 e. The summed E-state index contributed by atoms with van der Waals surface area (Å²) in [5.74, 6) is -1.15. The maximum Gasteiger partial charge on any atom is 0.308 e. The Morgan fingerprint density at radius 3 is 1.67 bits per heavy atom. The molecule has 12 aromatic rings. The smallest absolute Gasteiger partial charge is 0.308 e. The molecular weight excluding hydrogens is 877 g/mol. The molecule has 12 nitrogen and oxygen atoms in total. The SMILES string of the molecule is CC(=O)Oc1ccc2c(=O)c3c(ccc4ccc(-c5cc6ccc(-c7cc8ccccc8c8c(=O)c9c(OC(C)=O)cccc9oc78)cc6c6c(=O)c7cc(OC(C)=O)ccc7oc56)cc43)oc2c1. The van der Waals surface area contributed by atoms with Crippen LogP contribution < -0.4 is 30.5 Å². The molecule has 0 bridgehead atoms. The molecule has 0 saturated heterocycles. The summed E-state index contributed by atoms with van der Waals surface area (Å²) in [4.78, 5) is 79.8. The van der Waals surface area contributed by atoms with Gasteiger partial charge in [-0.05, 0) is 116 Å². The van der Waals surface area contributed by atoms with Gasteiger partial charge in [0.15, 0.2) is 0 Å². The lowest BCUT2D eigenvalue weighted by Crippen LogP contribution is -2.09. The molecular formula is C57H32O12. The fourth-order valence-electron chi connectivity index (χ4n) is 9.55. The van der Waals surface area contributed by atoms with Crippen LogP contribution in [0.15, 0.2) is 167 Å². The first kappa shape index (κ1) is 41.0. The second-order valence-electron chi connectivity index (χ2n) is 16.8. The molecule has 0 aliphatic carbocycles. The van der Waals surface area contributed by atoms with Crippen molar-refractivity contribution in [2.75, 3.05) is 0 Å². The van der Waals surface area contributed by atoms with Gasteiger partial charge in [0.05, 0.1) is 26.9 Å². The first-order valence-electron chi connectivity index (χ1n) is 21.8. The molecule has 0 atom stereocenters. The van der Waals surface area contributed by atoms with Crippen LogP contribution >= 0.6 is 0 Å². The van der Waals surface area contributed by atoms with Gasteiger partial charge in [-0.1, -0.05) is 60.7 Å². The summed E-state index contributed by atoms with van der Waals surface area (Å²) >= 11 is 0. The maximum atomic E-state index is 15.1. The van der Waals surface area contributed by atoms with Crippen LogP contribution in [0.4, 0.5) is 0 Å². The summed E-state index contributed by atoms with van der Waals surface area (Å²) in [5, 5.41) is 5.39. The van der Waals surface area contributed by atoms with Crippen molar-refractivity contribution in [3.63, 3.8) is 0 Å². The molecule has 0 unspecified atom stereocenters. The van der Waals surface area contributed by atoms with Gasteiger partial charge in [-0.25, -0.2) is 0 Å².